The standard InChI is InChI=1S/C13H15ClN2O2/c1-3-18-12-7-6-10(9-11(12)14)16(2)13(17)5-4-8-15/h6-7,9H,3-5H2,1-2H3. The van der Waals surface area contributed by atoms with Gasteiger partial charge in [-0.15, -0.1) is 0 Å². The van der Waals surface area contributed by atoms with Crippen molar-refractivity contribution in [2.75, 3.05) is 18.6 Å². The van der Waals surface area contributed by atoms with Crippen LogP contribution in [0.2, 0.25) is 5.02 Å². The van der Waals surface area contributed by atoms with Crippen LogP contribution in [0.4, 0.5) is 5.69 Å². The molecule has 0 heterocycles. The predicted molar refractivity (Wildman–Crippen MR) is 70.9 cm³/mol. The average Bonchev–Trinajstić information content (AvgIpc) is 2.37. The Labute approximate surface area is 112 Å². The minimum Gasteiger partial charge on any atom is -0.492 e. The van der Waals surface area contributed by atoms with E-state index in [4.69, 9.17) is 21.6 Å². The van der Waals surface area contributed by atoms with Crippen LogP contribution in [0.3, 0.4) is 0 Å². The summed E-state index contributed by atoms with van der Waals surface area (Å²) < 4.78 is 5.32. The first-order chi connectivity index (χ1) is 8.60. The summed E-state index contributed by atoms with van der Waals surface area (Å²) in [4.78, 5) is 13.2. The summed E-state index contributed by atoms with van der Waals surface area (Å²) in [7, 11) is 1.66. The van der Waals surface area contributed by atoms with Crippen LogP contribution in [0, 0.1) is 11.3 Å². The molecule has 1 rings (SSSR count). The Morgan fingerprint density at radius 3 is 2.83 bits per heavy atom. The molecule has 0 N–H and O–H groups in total. The third-order valence-corrected chi connectivity index (χ3v) is 2.72. The van der Waals surface area contributed by atoms with Crippen molar-refractivity contribution in [1.82, 2.24) is 0 Å². The van der Waals surface area contributed by atoms with Gasteiger partial charge in [0.1, 0.15) is 5.75 Å². The first kappa shape index (κ1) is 14.3. The molecular weight excluding hydrogens is 252 g/mol. The number of nitrogens with zero attached hydrogens (tertiary/aromatic N) is 2. The number of halogens is 1. The summed E-state index contributed by atoms with van der Waals surface area (Å²) in [5, 5.41) is 8.92. The van der Waals surface area contributed by atoms with E-state index in [1.165, 1.54) is 4.90 Å². The fourth-order valence-corrected chi connectivity index (χ4v) is 1.67. The summed E-state index contributed by atoms with van der Waals surface area (Å²) in [5.74, 6) is 0.484. The second kappa shape index (κ2) is 6.87. The number of carbonyl (C=O) groups excluding carboxylic acids is 1. The molecule has 5 heteroatoms. The number of ether oxygens (including phenoxy) is 1. The normalized spacial score (nSPS) is 9.67. The first-order valence-electron chi connectivity index (χ1n) is 5.66. The highest BCUT2D eigenvalue weighted by Gasteiger charge is 2.12. The Bertz CT molecular complexity index is 469. The van der Waals surface area contributed by atoms with Crippen LogP contribution in [0.1, 0.15) is 19.8 Å². The molecule has 4 nitrogen and oxygen atoms in total. The summed E-state index contributed by atoms with van der Waals surface area (Å²) in [6.07, 6.45) is 0.422. The van der Waals surface area contributed by atoms with Crippen LogP contribution >= 0.6 is 11.6 Å². The number of benzene rings is 1. The van der Waals surface area contributed by atoms with Crippen molar-refractivity contribution in [3.05, 3.63) is 23.2 Å². The summed E-state index contributed by atoms with van der Waals surface area (Å²) in [5.41, 5.74) is 0.686. The van der Waals surface area contributed by atoms with Crippen molar-refractivity contribution in [2.45, 2.75) is 19.8 Å². The monoisotopic (exact) mass is 266 g/mol. The van der Waals surface area contributed by atoms with Gasteiger partial charge in [-0.2, -0.15) is 5.26 Å². The predicted octanol–water partition coefficient (Wildman–Crippen LogP) is 3.01. The van der Waals surface area contributed by atoms with E-state index in [0.717, 1.165) is 0 Å². The maximum Gasteiger partial charge on any atom is 0.227 e. The number of amides is 1. The number of nitriles is 1. The molecule has 96 valence electrons. The molecule has 0 aliphatic carbocycles. The van der Waals surface area contributed by atoms with Gasteiger partial charge in [-0.1, -0.05) is 11.6 Å². The fourth-order valence-electron chi connectivity index (χ4n) is 1.45. The summed E-state index contributed by atoms with van der Waals surface area (Å²) >= 11 is 6.05. The third kappa shape index (κ3) is 3.64. The van der Waals surface area contributed by atoms with Crippen molar-refractivity contribution in [2.24, 2.45) is 0 Å². The smallest absolute Gasteiger partial charge is 0.227 e. The SMILES string of the molecule is CCOc1ccc(N(C)C(=O)CCC#N)cc1Cl. The molecule has 1 amide bonds. The fraction of sp³-hybridized carbons (Fsp3) is 0.385. The molecule has 0 aliphatic rings. The molecule has 0 radical (unpaired) electrons. The van der Waals surface area contributed by atoms with Gasteiger partial charge in [0.2, 0.25) is 5.91 Å². The highest BCUT2D eigenvalue weighted by Crippen LogP contribution is 2.29. The van der Waals surface area contributed by atoms with Gasteiger partial charge in [0.25, 0.3) is 0 Å². The number of carbonyl (C=O) groups is 1. The van der Waals surface area contributed by atoms with E-state index in [2.05, 4.69) is 0 Å². The van der Waals surface area contributed by atoms with Crippen molar-refractivity contribution in [1.29, 1.82) is 5.26 Å². The van der Waals surface area contributed by atoms with E-state index in [1.807, 2.05) is 13.0 Å². The molecule has 0 saturated carbocycles. The molecule has 0 spiro atoms. The number of hydrogen-bond acceptors (Lipinski definition) is 3. The van der Waals surface area contributed by atoms with Crippen LogP contribution < -0.4 is 9.64 Å². The maximum atomic E-state index is 11.7. The minimum absolute atomic E-state index is 0.114. The van der Waals surface area contributed by atoms with Gasteiger partial charge in [0.05, 0.1) is 17.7 Å². The highest BCUT2D eigenvalue weighted by atomic mass is 35.5. The lowest BCUT2D eigenvalue weighted by molar-refractivity contribution is -0.118. The van der Waals surface area contributed by atoms with Gasteiger partial charge in [0, 0.05) is 25.6 Å². The number of hydrogen-bond donors (Lipinski definition) is 0. The quantitative estimate of drug-likeness (QED) is 0.823. The van der Waals surface area contributed by atoms with E-state index < -0.39 is 0 Å². The zero-order valence-electron chi connectivity index (χ0n) is 10.4. The Morgan fingerprint density at radius 1 is 1.56 bits per heavy atom. The molecule has 0 saturated heterocycles. The Hall–Kier alpha value is -1.73. The van der Waals surface area contributed by atoms with Gasteiger partial charge in [-0.25, -0.2) is 0 Å². The molecule has 0 atom stereocenters. The topological polar surface area (TPSA) is 53.3 Å². The van der Waals surface area contributed by atoms with Crippen molar-refractivity contribution in [3.8, 4) is 11.8 Å². The Morgan fingerprint density at radius 2 is 2.28 bits per heavy atom. The van der Waals surface area contributed by atoms with Crippen LogP contribution in [0.15, 0.2) is 18.2 Å². The Balaban J connectivity index is 2.81. The molecule has 18 heavy (non-hydrogen) atoms. The largest absolute Gasteiger partial charge is 0.492 e. The average molecular weight is 267 g/mol. The van der Waals surface area contributed by atoms with Gasteiger partial charge in [0.15, 0.2) is 0 Å². The summed E-state index contributed by atoms with van der Waals surface area (Å²) in [6, 6.07) is 7.12. The van der Waals surface area contributed by atoms with E-state index in [9.17, 15) is 4.79 Å². The van der Waals surface area contributed by atoms with Crippen LogP contribution in [-0.4, -0.2) is 19.6 Å². The van der Waals surface area contributed by atoms with Crippen LogP contribution in [-0.2, 0) is 4.79 Å². The van der Waals surface area contributed by atoms with Crippen LogP contribution in [0.5, 0.6) is 5.75 Å². The Kier molecular flexibility index (Phi) is 5.47. The zero-order chi connectivity index (χ0) is 13.5. The summed E-state index contributed by atoms with van der Waals surface area (Å²) in [6.45, 7) is 2.41. The van der Waals surface area contributed by atoms with E-state index >= 15 is 0 Å². The van der Waals surface area contributed by atoms with E-state index in [0.29, 0.717) is 23.1 Å². The van der Waals surface area contributed by atoms with Gasteiger partial charge in [-0.3, -0.25) is 4.79 Å². The van der Waals surface area contributed by atoms with Gasteiger partial charge < -0.3 is 9.64 Å². The van der Waals surface area contributed by atoms with Crippen LogP contribution in [0.25, 0.3) is 0 Å². The minimum atomic E-state index is -0.114. The third-order valence-electron chi connectivity index (χ3n) is 2.43. The van der Waals surface area contributed by atoms with Crippen molar-refractivity contribution >= 4 is 23.2 Å². The first-order valence-corrected chi connectivity index (χ1v) is 6.03. The van der Waals surface area contributed by atoms with Crippen molar-refractivity contribution in [3.63, 3.8) is 0 Å². The lowest BCUT2D eigenvalue weighted by Gasteiger charge is -2.18. The molecular formula is C13H15ClN2O2. The number of rotatable bonds is 5. The molecule has 1 aromatic carbocycles. The second-order valence-electron chi connectivity index (χ2n) is 3.66. The lowest BCUT2D eigenvalue weighted by Crippen LogP contribution is -2.25. The zero-order valence-corrected chi connectivity index (χ0v) is 11.2. The van der Waals surface area contributed by atoms with E-state index in [-0.39, 0.29) is 18.7 Å². The molecule has 0 aromatic heterocycles. The molecule has 0 fully saturated rings. The molecule has 0 aliphatic heterocycles. The molecule has 0 unspecified atom stereocenters. The van der Waals surface area contributed by atoms with Crippen molar-refractivity contribution < 1.29 is 9.53 Å². The maximum absolute atomic E-state index is 11.7. The second-order valence-corrected chi connectivity index (χ2v) is 4.07. The lowest BCUT2D eigenvalue weighted by atomic mass is 10.2. The number of anilines is 1. The van der Waals surface area contributed by atoms with E-state index in [1.54, 1.807) is 25.2 Å². The molecule has 0 bridgehead atoms. The van der Waals surface area contributed by atoms with Gasteiger partial charge >= 0.3 is 0 Å². The highest BCUT2D eigenvalue weighted by molar-refractivity contribution is 6.32. The molecule has 1 aromatic rings. The van der Waals surface area contributed by atoms with Gasteiger partial charge in [-0.05, 0) is 25.1 Å².